The molecule has 3 rings (SSSR count). The Morgan fingerprint density at radius 1 is 1.21 bits per heavy atom. The Morgan fingerprint density at radius 3 is 2.53 bits per heavy atom. The van der Waals surface area contributed by atoms with Gasteiger partial charge in [0.25, 0.3) is 0 Å². The van der Waals surface area contributed by atoms with Gasteiger partial charge in [-0.3, -0.25) is 0 Å². The predicted molar refractivity (Wildman–Crippen MR) is 78.3 cm³/mol. The van der Waals surface area contributed by atoms with Gasteiger partial charge in [-0.25, -0.2) is 0 Å². The van der Waals surface area contributed by atoms with Crippen LogP contribution in [-0.2, 0) is 4.74 Å². The van der Waals surface area contributed by atoms with Gasteiger partial charge in [-0.05, 0) is 37.5 Å². The Kier molecular flexibility index (Phi) is 4.16. The number of likely N-dealkylation sites (tertiary alicyclic amines) is 1. The molecule has 2 aliphatic heterocycles. The maximum Gasteiger partial charge on any atom is 0.0546 e. The first-order valence-corrected chi connectivity index (χ1v) is 8.20. The van der Waals surface area contributed by atoms with Crippen LogP contribution in [0, 0.1) is 17.3 Å². The van der Waals surface area contributed by atoms with Crippen molar-refractivity contribution in [3.8, 4) is 0 Å². The molecular formula is C16H30N2O. The van der Waals surface area contributed by atoms with Crippen molar-refractivity contribution in [2.75, 3.05) is 39.4 Å². The van der Waals surface area contributed by atoms with Crippen molar-refractivity contribution in [3.05, 3.63) is 0 Å². The molecule has 0 aromatic rings. The van der Waals surface area contributed by atoms with Crippen LogP contribution in [0.4, 0.5) is 0 Å². The van der Waals surface area contributed by atoms with Crippen molar-refractivity contribution < 1.29 is 4.74 Å². The molecule has 110 valence electrons. The van der Waals surface area contributed by atoms with Gasteiger partial charge >= 0.3 is 0 Å². The standard InChI is InChI=1S/C16H30N2O/c1-13-8-18(9-14(13)2)11-16(6-3-7-19-12-16)10-17-15-4-5-15/h13-15,17H,3-12H2,1-2H3. The highest BCUT2D eigenvalue weighted by Crippen LogP contribution is 2.33. The zero-order chi connectivity index (χ0) is 13.3. The fourth-order valence-corrected chi connectivity index (χ4v) is 3.73. The van der Waals surface area contributed by atoms with Gasteiger partial charge in [0.05, 0.1) is 6.61 Å². The zero-order valence-electron chi connectivity index (χ0n) is 12.7. The number of nitrogens with zero attached hydrogens (tertiary/aromatic N) is 1. The maximum atomic E-state index is 5.84. The second-order valence-electron chi connectivity index (χ2n) is 7.46. The van der Waals surface area contributed by atoms with E-state index in [-0.39, 0.29) is 0 Å². The Morgan fingerprint density at radius 2 is 1.95 bits per heavy atom. The Hall–Kier alpha value is -0.120. The van der Waals surface area contributed by atoms with Crippen LogP contribution in [0.2, 0.25) is 0 Å². The van der Waals surface area contributed by atoms with E-state index in [1.54, 1.807) is 0 Å². The zero-order valence-corrected chi connectivity index (χ0v) is 12.7. The normalized spacial score (nSPS) is 40.7. The van der Waals surface area contributed by atoms with Crippen molar-refractivity contribution in [1.82, 2.24) is 10.2 Å². The summed E-state index contributed by atoms with van der Waals surface area (Å²) in [7, 11) is 0. The summed E-state index contributed by atoms with van der Waals surface area (Å²) in [6, 6.07) is 0.815. The molecule has 0 spiro atoms. The lowest BCUT2D eigenvalue weighted by Crippen LogP contribution is -2.49. The molecule has 2 heterocycles. The molecule has 2 saturated heterocycles. The molecule has 0 amide bonds. The van der Waals surface area contributed by atoms with E-state index in [0.29, 0.717) is 5.41 Å². The van der Waals surface area contributed by atoms with Crippen LogP contribution in [0.25, 0.3) is 0 Å². The second kappa shape index (κ2) is 5.71. The molecule has 3 atom stereocenters. The van der Waals surface area contributed by atoms with Crippen LogP contribution < -0.4 is 5.32 Å². The van der Waals surface area contributed by atoms with Gasteiger partial charge in [0, 0.05) is 44.2 Å². The Labute approximate surface area is 118 Å². The quantitative estimate of drug-likeness (QED) is 0.825. The lowest BCUT2D eigenvalue weighted by Gasteiger charge is -2.40. The van der Waals surface area contributed by atoms with Gasteiger partial charge in [-0.1, -0.05) is 13.8 Å². The monoisotopic (exact) mass is 266 g/mol. The SMILES string of the molecule is CC1CN(CC2(CNC3CC3)CCCOC2)CC1C. The van der Waals surface area contributed by atoms with Crippen LogP contribution in [0.3, 0.4) is 0 Å². The molecule has 19 heavy (non-hydrogen) atoms. The molecular weight excluding hydrogens is 236 g/mol. The average molecular weight is 266 g/mol. The van der Waals surface area contributed by atoms with Crippen LogP contribution in [-0.4, -0.2) is 50.3 Å². The van der Waals surface area contributed by atoms with Crippen LogP contribution in [0.15, 0.2) is 0 Å². The minimum absolute atomic E-state index is 0.380. The summed E-state index contributed by atoms with van der Waals surface area (Å²) in [4.78, 5) is 2.69. The highest BCUT2D eigenvalue weighted by atomic mass is 16.5. The number of rotatable bonds is 5. The van der Waals surface area contributed by atoms with Gasteiger partial charge in [-0.2, -0.15) is 0 Å². The maximum absolute atomic E-state index is 5.84. The lowest BCUT2D eigenvalue weighted by molar-refractivity contribution is -0.0238. The third-order valence-electron chi connectivity index (χ3n) is 5.37. The summed E-state index contributed by atoms with van der Waals surface area (Å²) >= 11 is 0. The Balaban J connectivity index is 1.57. The van der Waals surface area contributed by atoms with E-state index >= 15 is 0 Å². The highest BCUT2D eigenvalue weighted by Gasteiger charge is 2.38. The minimum atomic E-state index is 0.380. The van der Waals surface area contributed by atoms with E-state index in [9.17, 15) is 0 Å². The van der Waals surface area contributed by atoms with Crippen molar-refractivity contribution in [2.24, 2.45) is 17.3 Å². The van der Waals surface area contributed by atoms with Crippen LogP contribution in [0.5, 0.6) is 0 Å². The summed E-state index contributed by atoms with van der Waals surface area (Å²) in [5.41, 5.74) is 0.380. The third-order valence-corrected chi connectivity index (χ3v) is 5.37. The molecule has 0 radical (unpaired) electrons. The molecule has 1 N–H and O–H groups in total. The highest BCUT2D eigenvalue weighted by molar-refractivity contribution is 4.93. The molecule has 0 aromatic carbocycles. The van der Waals surface area contributed by atoms with Gasteiger partial charge in [0.15, 0.2) is 0 Å². The number of hydrogen-bond donors (Lipinski definition) is 1. The lowest BCUT2D eigenvalue weighted by atomic mass is 9.81. The van der Waals surface area contributed by atoms with Gasteiger partial charge < -0.3 is 15.0 Å². The molecule has 3 fully saturated rings. The molecule has 3 nitrogen and oxygen atoms in total. The van der Waals surface area contributed by atoms with E-state index in [0.717, 1.165) is 37.6 Å². The molecule has 0 bridgehead atoms. The van der Waals surface area contributed by atoms with E-state index in [1.807, 2.05) is 0 Å². The van der Waals surface area contributed by atoms with Crippen molar-refractivity contribution in [2.45, 2.75) is 45.6 Å². The van der Waals surface area contributed by atoms with Gasteiger partial charge in [-0.15, -0.1) is 0 Å². The number of ether oxygens (including phenoxy) is 1. The van der Waals surface area contributed by atoms with Crippen molar-refractivity contribution >= 4 is 0 Å². The molecule has 1 saturated carbocycles. The first-order valence-electron chi connectivity index (χ1n) is 8.20. The first kappa shape index (κ1) is 13.8. The third kappa shape index (κ3) is 3.50. The van der Waals surface area contributed by atoms with Crippen LogP contribution in [0.1, 0.15) is 39.5 Å². The van der Waals surface area contributed by atoms with Gasteiger partial charge in [0.2, 0.25) is 0 Å². The minimum Gasteiger partial charge on any atom is -0.381 e. The molecule has 3 aliphatic rings. The second-order valence-corrected chi connectivity index (χ2v) is 7.46. The van der Waals surface area contributed by atoms with Crippen LogP contribution >= 0.6 is 0 Å². The van der Waals surface area contributed by atoms with E-state index < -0.39 is 0 Å². The van der Waals surface area contributed by atoms with Crippen molar-refractivity contribution in [3.63, 3.8) is 0 Å². The fraction of sp³-hybridized carbons (Fsp3) is 1.00. The van der Waals surface area contributed by atoms with Crippen molar-refractivity contribution in [1.29, 1.82) is 0 Å². The predicted octanol–water partition coefficient (Wildman–Crippen LogP) is 2.12. The molecule has 3 unspecified atom stereocenters. The molecule has 1 aliphatic carbocycles. The molecule has 0 aromatic heterocycles. The topological polar surface area (TPSA) is 24.5 Å². The summed E-state index contributed by atoms with van der Waals surface area (Å²) in [6.07, 6.45) is 5.35. The molecule has 3 heteroatoms. The average Bonchev–Trinajstić information content (AvgIpc) is 3.16. The smallest absolute Gasteiger partial charge is 0.0546 e. The summed E-state index contributed by atoms with van der Waals surface area (Å²) < 4.78 is 5.84. The fourth-order valence-electron chi connectivity index (χ4n) is 3.73. The van der Waals surface area contributed by atoms with E-state index in [1.165, 1.54) is 45.3 Å². The van der Waals surface area contributed by atoms with Gasteiger partial charge in [0.1, 0.15) is 0 Å². The number of hydrogen-bond acceptors (Lipinski definition) is 3. The summed E-state index contributed by atoms with van der Waals surface area (Å²) in [5, 5.41) is 3.76. The summed E-state index contributed by atoms with van der Waals surface area (Å²) in [5.74, 6) is 1.72. The number of nitrogens with one attached hydrogen (secondary N) is 1. The first-order chi connectivity index (χ1) is 9.17. The van der Waals surface area contributed by atoms with E-state index in [4.69, 9.17) is 4.74 Å². The summed E-state index contributed by atoms with van der Waals surface area (Å²) in [6.45, 7) is 11.7. The largest absolute Gasteiger partial charge is 0.381 e. The Bertz CT molecular complexity index is 287. The van der Waals surface area contributed by atoms with E-state index in [2.05, 4.69) is 24.1 Å².